The first kappa shape index (κ1) is 35.3. The number of piperidine rings is 1. The molecule has 2 aliphatic rings. The first-order valence-corrected chi connectivity index (χ1v) is 17.5. The summed E-state index contributed by atoms with van der Waals surface area (Å²) in [6, 6.07) is 18.6. The lowest BCUT2D eigenvalue weighted by Gasteiger charge is -2.30. The van der Waals surface area contributed by atoms with Crippen LogP contribution in [-0.2, 0) is 38.8 Å². The van der Waals surface area contributed by atoms with Crippen LogP contribution in [0.3, 0.4) is 0 Å². The zero-order valence-corrected chi connectivity index (χ0v) is 28.4. The Kier molecular flexibility index (Phi) is 12.8. The lowest BCUT2D eigenvalue weighted by Crippen LogP contribution is -2.53. The number of benzene rings is 2. The second kappa shape index (κ2) is 17.4. The van der Waals surface area contributed by atoms with Gasteiger partial charge in [0.1, 0.15) is 24.5 Å². The Balaban J connectivity index is 1.29. The van der Waals surface area contributed by atoms with Gasteiger partial charge in [0.15, 0.2) is 0 Å². The highest BCUT2D eigenvalue weighted by atomic mass is 35.5. The number of halogens is 1. The third kappa shape index (κ3) is 10.3. The number of nitrogen functional groups attached to an aromatic ring is 1. The summed E-state index contributed by atoms with van der Waals surface area (Å²) in [5, 5.41) is 17.4. The molecular weight excluding hydrogens is 652 g/mol. The minimum atomic E-state index is -0.871. The standard InChI is InChI=1S/C35H43ClN6O5S/c36-26-9-6-25(7-10-26)21-46-27-18-30(33(43)40-19-28-11-13-31(48-28)32(37)38)42(20-27)34(44)29(12-8-23-14-16-39-17-15-23)41-35(45)47-22-24-4-2-1-3-5-24/h1-7,9-11,13,23,27,29-30,39H,8,12,14-22H2,(H3,37,38)(H,40,43)(H,41,45)/t27-,29-,30+/m1/s1. The molecule has 11 nitrogen and oxygen atoms in total. The van der Waals surface area contributed by atoms with E-state index in [9.17, 15) is 14.4 Å². The summed E-state index contributed by atoms with van der Waals surface area (Å²) >= 11 is 7.37. The molecule has 13 heteroatoms. The fraction of sp³-hybridized carbons (Fsp3) is 0.429. The third-order valence-corrected chi connectivity index (χ3v) is 10.1. The van der Waals surface area contributed by atoms with Gasteiger partial charge in [-0.05, 0) is 80.1 Å². The molecule has 0 unspecified atom stereocenters. The molecule has 2 aliphatic heterocycles. The highest BCUT2D eigenvalue weighted by molar-refractivity contribution is 7.14. The van der Waals surface area contributed by atoms with Crippen LogP contribution in [-0.4, -0.2) is 66.5 Å². The summed E-state index contributed by atoms with van der Waals surface area (Å²) in [6.45, 7) is 2.65. The fourth-order valence-electron chi connectivity index (χ4n) is 6.05. The number of hydrogen-bond acceptors (Lipinski definition) is 8. The molecule has 3 amide bonds. The molecule has 0 aliphatic carbocycles. The summed E-state index contributed by atoms with van der Waals surface area (Å²) in [5.74, 6) is -0.255. The second-order valence-electron chi connectivity index (χ2n) is 12.2. The van der Waals surface area contributed by atoms with Crippen LogP contribution in [0.15, 0.2) is 66.7 Å². The average Bonchev–Trinajstić information content (AvgIpc) is 3.77. The van der Waals surface area contributed by atoms with Gasteiger partial charge in [0.05, 0.1) is 24.1 Å². The molecule has 3 aromatic rings. The SMILES string of the molecule is N=C(N)c1ccc(CNC(=O)[C@@H]2C[C@@H](OCc3ccc(Cl)cc3)CN2C(=O)[C@@H](CCC2CCNCC2)NC(=O)OCc2ccccc2)s1. The Labute approximate surface area is 290 Å². The highest BCUT2D eigenvalue weighted by Crippen LogP contribution is 2.26. The maximum Gasteiger partial charge on any atom is 0.408 e. The van der Waals surface area contributed by atoms with Crippen LogP contribution in [0, 0.1) is 11.3 Å². The van der Waals surface area contributed by atoms with Crippen molar-refractivity contribution >= 4 is 46.7 Å². The van der Waals surface area contributed by atoms with Gasteiger partial charge in [-0.15, -0.1) is 11.3 Å². The van der Waals surface area contributed by atoms with Gasteiger partial charge >= 0.3 is 6.09 Å². The number of carbonyl (C=O) groups excluding carboxylic acids is 3. The van der Waals surface area contributed by atoms with Crippen molar-refractivity contribution in [2.24, 2.45) is 11.7 Å². The fourth-order valence-corrected chi connectivity index (χ4v) is 6.99. The number of amides is 3. The van der Waals surface area contributed by atoms with Gasteiger partial charge < -0.3 is 36.1 Å². The Morgan fingerprint density at radius 3 is 2.46 bits per heavy atom. The molecule has 2 saturated heterocycles. The lowest BCUT2D eigenvalue weighted by atomic mass is 9.91. The number of carbonyl (C=O) groups is 3. The second-order valence-corrected chi connectivity index (χ2v) is 13.8. The minimum Gasteiger partial charge on any atom is -0.445 e. The van der Waals surface area contributed by atoms with E-state index in [2.05, 4.69) is 16.0 Å². The predicted molar refractivity (Wildman–Crippen MR) is 186 cm³/mol. The monoisotopic (exact) mass is 694 g/mol. The number of thiophene rings is 1. The van der Waals surface area contributed by atoms with E-state index in [0.29, 0.717) is 35.3 Å². The highest BCUT2D eigenvalue weighted by Gasteiger charge is 2.42. The number of ether oxygens (including phenoxy) is 2. The Hall–Kier alpha value is -3.97. The van der Waals surface area contributed by atoms with E-state index in [0.717, 1.165) is 48.4 Å². The Bertz CT molecular complexity index is 1530. The van der Waals surface area contributed by atoms with Crippen molar-refractivity contribution in [3.8, 4) is 0 Å². The molecule has 2 fully saturated rings. The number of rotatable bonds is 14. The number of likely N-dealkylation sites (tertiary alicyclic amines) is 1. The largest absolute Gasteiger partial charge is 0.445 e. The molecule has 0 bridgehead atoms. The summed E-state index contributed by atoms with van der Waals surface area (Å²) in [4.78, 5) is 44.0. The molecular formula is C35H43ClN6O5S. The molecule has 3 atom stereocenters. The molecule has 48 heavy (non-hydrogen) atoms. The van der Waals surface area contributed by atoms with Crippen molar-refractivity contribution < 1.29 is 23.9 Å². The van der Waals surface area contributed by atoms with Gasteiger partial charge in [0.2, 0.25) is 11.8 Å². The maximum atomic E-state index is 14.3. The van der Waals surface area contributed by atoms with Gasteiger partial charge in [0, 0.05) is 22.9 Å². The topological polar surface area (TPSA) is 159 Å². The first-order valence-electron chi connectivity index (χ1n) is 16.3. The number of alkyl carbamates (subject to hydrolysis) is 1. The van der Waals surface area contributed by atoms with Gasteiger partial charge in [-0.2, -0.15) is 0 Å². The molecule has 1 aromatic heterocycles. The molecule has 3 heterocycles. The van der Waals surface area contributed by atoms with Crippen molar-refractivity contribution in [2.75, 3.05) is 19.6 Å². The van der Waals surface area contributed by atoms with Gasteiger partial charge in [-0.3, -0.25) is 15.0 Å². The maximum absolute atomic E-state index is 14.3. The number of nitrogens with one attached hydrogen (secondary N) is 4. The van der Waals surface area contributed by atoms with Gasteiger partial charge in [0.25, 0.3) is 0 Å². The Morgan fingerprint density at radius 2 is 1.75 bits per heavy atom. The molecule has 6 N–H and O–H groups in total. The van der Waals surface area contributed by atoms with Crippen LogP contribution in [0.1, 0.15) is 53.0 Å². The van der Waals surface area contributed by atoms with Gasteiger partial charge in [-0.1, -0.05) is 54.1 Å². The number of nitrogens with two attached hydrogens (primary N) is 1. The number of nitrogens with zero attached hydrogens (tertiary/aromatic N) is 1. The van der Waals surface area contributed by atoms with Crippen molar-refractivity contribution in [1.29, 1.82) is 5.41 Å². The number of hydrogen-bond donors (Lipinski definition) is 5. The van der Waals surface area contributed by atoms with Crippen LogP contribution < -0.4 is 21.7 Å². The molecule has 256 valence electrons. The molecule has 0 saturated carbocycles. The van der Waals surface area contributed by atoms with Crippen LogP contribution in [0.5, 0.6) is 0 Å². The van der Waals surface area contributed by atoms with Crippen LogP contribution in [0.2, 0.25) is 5.02 Å². The van der Waals surface area contributed by atoms with Crippen molar-refractivity contribution in [2.45, 2.75) is 70.1 Å². The summed E-state index contributed by atoms with van der Waals surface area (Å²) in [5.41, 5.74) is 7.37. The van der Waals surface area contributed by atoms with E-state index in [1.807, 2.05) is 48.5 Å². The molecule has 0 spiro atoms. The summed E-state index contributed by atoms with van der Waals surface area (Å²) in [7, 11) is 0. The summed E-state index contributed by atoms with van der Waals surface area (Å²) < 4.78 is 11.7. The quantitative estimate of drug-likeness (QED) is 0.122. The average molecular weight is 695 g/mol. The van der Waals surface area contributed by atoms with Crippen LogP contribution in [0.4, 0.5) is 4.79 Å². The zero-order valence-electron chi connectivity index (χ0n) is 26.8. The van der Waals surface area contributed by atoms with Crippen molar-refractivity contribution in [1.82, 2.24) is 20.9 Å². The van der Waals surface area contributed by atoms with Crippen molar-refractivity contribution in [3.05, 3.63) is 92.6 Å². The summed E-state index contributed by atoms with van der Waals surface area (Å²) in [6.07, 6.45) is 2.40. The van der Waals surface area contributed by atoms with E-state index in [-0.39, 0.29) is 37.3 Å². The molecule has 5 rings (SSSR count). The van der Waals surface area contributed by atoms with E-state index in [4.69, 9.17) is 32.2 Å². The first-order chi connectivity index (χ1) is 23.2. The number of amidine groups is 1. The lowest BCUT2D eigenvalue weighted by molar-refractivity contribution is -0.140. The smallest absolute Gasteiger partial charge is 0.408 e. The van der Waals surface area contributed by atoms with E-state index in [1.165, 1.54) is 11.3 Å². The van der Waals surface area contributed by atoms with Crippen LogP contribution >= 0.6 is 22.9 Å². The van der Waals surface area contributed by atoms with Gasteiger partial charge in [-0.25, -0.2) is 4.79 Å². The normalized spacial score (nSPS) is 18.6. The van der Waals surface area contributed by atoms with E-state index in [1.54, 1.807) is 23.1 Å². The molecule has 0 radical (unpaired) electrons. The molecule has 2 aromatic carbocycles. The van der Waals surface area contributed by atoms with Crippen molar-refractivity contribution in [3.63, 3.8) is 0 Å². The zero-order chi connectivity index (χ0) is 33.9. The van der Waals surface area contributed by atoms with E-state index < -0.39 is 24.3 Å². The van der Waals surface area contributed by atoms with Crippen LogP contribution in [0.25, 0.3) is 0 Å². The minimum absolute atomic E-state index is 0.0313. The van der Waals surface area contributed by atoms with E-state index >= 15 is 0 Å². The third-order valence-electron chi connectivity index (χ3n) is 8.74. The predicted octanol–water partition coefficient (Wildman–Crippen LogP) is 4.56. The Morgan fingerprint density at radius 1 is 1.02 bits per heavy atom.